The Morgan fingerprint density at radius 3 is 2.69 bits per heavy atom. The van der Waals surface area contributed by atoms with Gasteiger partial charge in [-0.05, 0) is 51.1 Å². The second-order valence-electron chi connectivity index (χ2n) is 5.52. The number of oxime groups is 1. The molecule has 0 aromatic rings. The van der Waals surface area contributed by atoms with E-state index in [4.69, 9.17) is 5.21 Å². The summed E-state index contributed by atoms with van der Waals surface area (Å²) in [5, 5.41) is 12.5. The van der Waals surface area contributed by atoms with Crippen LogP contribution in [0.1, 0.15) is 45.4 Å². The van der Waals surface area contributed by atoms with Gasteiger partial charge in [0.1, 0.15) is 0 Å². The van der Waals surface area contributed by atoms with Crippen molar-refractivity contribution in [1.29, 1.82) is 0 Å². The summed E-state index contributed by atoms with van der Waals surface area (Å²) < 4.78 is 0. The van der Waals surface area contributed by atoms with E-state index in [0.29, 0.717) is 5.92 Å². The second-order valence-corrected chi connectivity index (χ2v) is 5.52. The lowest BCUT2D eigenvalue weighted by molar-refractivity contribution is 0.173. The Kier molecular flexibility index (Phi) is 4.22. The predicted molar refractivity (Wildman–Crippen MR) is 66.0 cm³/mol. The fraction of sp³-hybridized carbons (Fsp3) is 0.923. The lowest BCUT2D eigenvalue weighted by Gasteiger charge is -2.34. The zero-order valence-corrected chi connectivity index (χ0v) is 10.4. The van der Waals surface area contributed by atoms with E-state index in [9.17, 15) is 0 Å². The average Bonchev–Trinajstić information content (AvgIpc) is 2.33. The van der Waals surface area contributed by atoms with Gasteiger partial charge in [-0.25, -0.2) is 0 Å². The van der Waals surface area contributed by atoms with Crippen molar-refractivity contribution in [3.05, 3.63) is 0 Å². The van der Waals surface area contributed by atoms with Gasteiger partial charge in [0.05, 0.1) is 5.71 Å². The average molecular weight is 224 g/mol. The summed E-state index contributed by atoms with van der Waals surface area (Å²) in [5.74, 6) is 1.42. The van der Waals surface area contributed by atoms with E-state index < -0.39 is 0 Å². The van der Waals surface area contributed by atoms with E-state index in [-0.39, 0.29) is 0 Å². The minimum Gasteiger partial charge on any atom is -0.411 e. The number of nitrogens with zero attached hydrogens (tertiary/aromatic N) is 2. The zero-order valence-electron chi connectivity index (χ0n) is 10.4. The molecule has 1 saturated carbocycles. The molecule has 0 aromatic carbocycles. The Labute approximate surface area is 98.5 Å². The van der Waals surface area contributed by atoms with Gasteiger partial charge in [-0.1, -0.05) is 18.5 Å². The van der Waals surface area contributed by atoms with E-state index in [2.05, 4.69) is 17.0 Å². The molecule has 3 heteroatoms. The van der Waals surface area contributed by atoms with Crippen molar-refractivity contribution in [2.75, 3.05) is 19.6 Å². The highest BCUT2D eigenvalue weighted by atomic mass is 16.4. The molecule has 1 heterocycles. The first-order valence-corrected chi connectivity index (χ1v) is 6.72. The highest BCUT2D eigenvalue weighted by Crippen LogP contribution is 2.24. The zero-order chi connectivity index (χ0) is 11.4. The standard InChI is InChI=1S/C13H24N2O/c1-11-6-8-15(9-7-11)10-12-4-2-3-5-13(12)14-16/h11-12,16H,2-10H2,1H3. The first kappa shape index (κ1) is 11.9. The van der Waals surface area contributed by atoms with Gasteiger partial charge in [0.15, 0.2) is 0 Å². The van der Waals surface area contributed by atoms with E-state index in [1.807, 2.05) is 0 Å². The molecule has 1 N–H and O–H groups in total. The number of likely N-dealkylation sites (tertiary alicyclic amines) is 1. The van der Waals surface area contributed by atoms with Gasteiger partial charge in [-0.2, -0.15) is 0 Å². The van der Waals surface area contributed by atoms with Crippen LogP contribution in [-0.2, 0) is 0 Å². The van der Waals surface area contributed by atoms with Crippen molar-refractivity contribution in [2.45, 2.75) is 45.4 Å². The quantitative estimate of drug-likeness (QED) is 0.578. The van der Waals surface area contributed by atoms with E-state index >= 15 is 0 Å². The van der Waals surface area contributed by atoms with Crippen LogP contribution in [0.4, 0.5) is 0 Å². The third-order valence-electron chi connectivity index (χ3n) is 4.19. The van der Waals surface area contributed by atoms with Crippen molar-refractivity contribution in [3.8, 4) is 0 Å². The molecular weight excluding hydrogens is 200 g/mol. The molecule has 2 aliphatic rings. The lowest BCUT2D eigenvalue weighted by atomic mass is 9.86. The summed E-state index contributed by atoms with van der Waals surface area (Å²) in [6, 6.07) is 0. The molecule has 1 unspecified atom stereocenters. The van der Waals surface area contributed by atoms with Gasteiger partial charge < -0.3 is 10.1 Å². The molecule has 0 aromatic heterocycles. The minimum atomic E-state index is 0.521. The van der Waals surface area contributed by atoms with Crippen LogP contribution in [0.15, 0.2) is 5.16 Å². The molecular formula is C13H24N2O. The summed E-state index contributed by atoms with van der Waals surface area (Å²) >= 11 is 0. The first-order chi connectivity index (χ1) is 7.79. The SMILES string of the molecule is CC1CCN(CC2CCCCC2=NO)CC1. The summed E-state index contributed by atoms with van der Waals surface area (Å²) in [4.78, 5) is 2.56. The molecule has 1 atom stereocenters. The van der Waals surface area contributed by atoms with Crippen LogP contribution in [0.2, 0.25) is 0 Å². The van der Waals surface area contributed by atoms with Crippen LogP contribution < -0.4 is 0 Å². The molecule has 0 amide bonds. The Bertz CT molecular complexity index is 244. The van der Waals surface area contributed by atoms with E-state index in [1.54, 1.807) is 0 Å². The lowest BCUT2D eigenvalue weighted by Crippen LogP contribution is -2.39. The monoisotopic (exact) mass is 224 g/mol. The van der Waals surface area contributed by atoms with Gasteiger partial charge in [0.25, 0.3) is 0 Å². The van der Waals surface area contributed by atoms with Crippen molar-refractivity contribution in [3.63, 3.8) is 0 Å². The number of rotatable bonds is 2. The molecule has 0 radical (unpaired) electrons. The van der Waals surface area contributed by atoms with E-state index in [0.717, 1.165) is 24.6 Å². The molecule has 92 valence electrons. The van der Waals surface area contributed by atoms with Crippen molar-refractivity contribution >= 4 is 5.71 Å². The summed E-state index contributed by atoms with van der Waals surface area (Å²) in [5.41, 5.74) is 1.05. The summed E-state index contributed by atoms with van der Waals surface area (Å²) in [6.07, 6.45) is 7.38. The molecule has 2 fully saturated rings. The summed E-state index contributed by atoms with van der Waals surface area (Å²) in [6.45, 7) is 5.93. The maximum Gasteiger partial charge on any atom is 0.0614 e. The molecule has 16 heavy (non-hydrogen) atoms. The van der Waals surface area contributed by atoms with Gasteiger partial charge >= 0.3 is 0 Å². The first-order valence-electron chi connectivity index (χ1n) is 6.72. The van der Waals surface area contributed by atoms with Crippen molar-refractivity contribution in [2.24, 2.45) is 17.0 Å². The van der Waals surface area contributed by atoms with Crippen LogP contribution in [0.3, 0.4) is 0 Å². The Morgan fingerprint density at radius 1 is 1.25 bits per heavy atom. The van der Waals surface area contributed by atoms with Crippen molar-refractivity contribution < 1.29 is 5.21 Å². The smallest absolute Gasteiger partial charge is 0.0614 e. The second kappa shape index (κ2) is 5.67. The fourth-order valence-electron chi connectivity index (χ4n) is 2.95. The van der Waals surface area contributed by atoms with Crippen LogP contribution in [0.25, 0.3) is 0 Å². The number of piperidine rings is 1. The van der Waals surface area contributed by atoms with Gasteiger partial charge in [-0.3, -0.25) is 0 Å². The highest BCUT2D eigenvalue weighted by molar-refractivity contribution is 5.87. The fourth-order valence-corrected chi connectivity index (χ4v) is 2.95. The Morgan fingerprint density at radius 2 is 2.00 bits per heavy atom. The third-order valence-corrected chi connectivity index (χ3v) is 4.19. The Balaban J connectivity index is 1.83. The minimum absolute atomic E-state index is 0.521. The number of hydrogen-bond donors (Lipinski definition) is 1. The molecule has 1 aliphatic carbocycles. The molecule has 0 bridgehead atoms. The van der Waals surface area contributed by atoms with Crippen LogP contribution in [-0.4, -0.2) is 35.5 Å². The van der Waals surface area contributed by atoms with Crippen LogP contribution in [0, 0.1) is 11.8 Å². The highest BCUT2D eigenvalue weighted by Gasteiger charge is 2.25. The maximum absolute atomic E-state index is 9.00. The van der Waals surface area contributed by atoms with Gasteiger partial charge in [0, 0.05) is 12.5 Å². The van der Waals surface area contributed by atoms with Gasteiger partial charge in [0.2, 0.25) is 0 Å². The normalized spacial score (nSPS) is 32.1. The molecule has 0 spiro atoms. The van der Waals surface area contributed by atoms with E-state index in [1.165, 1.54) is 45.2 Å². The largest absolute Gasteiger partial charge is 0.411 e. The third kappa shape index (κ3) is 2.97. The molecule has 2 rings (SSSR count). The maximum atomic E-state index is 9.00. The molecule has 1 saturated heterocycles. The summed E-state index contributed by atoms with van der Waals surface area (Å²) in [7, 11) is 0. The van der Waals surface area contributed by atoms with Gasteiger partial charge in [-0.15, -0.1) is 0 Å². The van der Waals surface area contributed by atoms with Crippen LogP contribution >= 0.6 is 0 Å². The predicted octanol–water partition coefficient (Wildman–Crippen LogP) is 2.74. The topological polar surface area (TPSA) is 35.8 Å². The van der Waals surface area contributed by atoms with Crippen molar-refractivity contribution in [1.82, 2.24) is 4.90 Å². The number of hydrogen-bond acceptors (Lipinski definition) is 3. The molecule has 1 aliphatic heterocycles. The van der Waals surface area contributed by atoms with Crippen LogP contribution in [0.5, 0.6) is 0 Å². The molecule has 3 nitrogen and oxygen atoms in total. The Hall–Kier alpha value is -0.570.